The summed E-state index contributed by atoms with van der Waals surface area (Å²) in [6, 6.07) is 0. The Labute approximate surface area is 96.6 Å². The number of hydrogen-bond donors (Lipinski definition) is 0. The molecule has 1 rings (SSSR count). The van der Waals surface area contributed by atoms with Gasteiger partial charge in [-0.15, -0.1) is 0 Å². The molecule has 0 amide bonds. The second-order valence-corrected chi connectivity index (χ2v) is 4.82. The van der Waals surface area contributed by atoms with Gasteiger partial charge in [-0.2, -0.15) is 0 Å². The van der Waals surface area contributed by atoms with E-state index in [0.717, 1.165) is 6.42 Å². The Balaban J connectivity index is 2.58. The summed E-state index contributed by atoms with van der Waals surface area (Å²) in [6.07, 6.45) is 3.81. The van der Waals surface area contributed by atoms with Gasteiger partial charge < -0.3 is 0 Å². The molecule has 0 unspecified atom stereocenters. The van der Waals surface area contributed by atoms with E-state index in [1.807, 2.05) is 6.92 Å². The van der Waals surface area contributed by atoms with Gasteiger partial charge in [-0.05, 0) is 26.2 Å². The fourth-order valence-electron chi connectivity index (χ4n) is 2.19. The molecule has 3 heteroatoms. The van der Waals surface area contributed by atoms with Crippen LogP contribution in [0.3, 0.4) is 0 Å². The van der Waals surface area contributed by atoms with Crippen molar-refractivity contribution in [2.45, 2.75) is 58.8 Å². The van der Waals surface area contributed by atoms with Gasteiger partial charge in [0.1, 0.15) is 17.3 Å². The maximum absolute atomic E-state index is 11.8. The lowest BCUT2D eigenvalue weighted by Crippen LogP contribution is -2.40. The van der Waals surface area contributed by atoms with Gasteiger partial charge in [0, 0.05) is 25.7 Å². The number of carbonyl (C=O) groups is 3. The quantitative estimate of drug-likeness (QED) is 0.674. The van der Waals surface area contributed by atoms with Crippen LogP contribution in [-0.2, 0) is 14.4 Å². The highest BCUT2D eigenvalue weighted by Crippen LogP contribution is 2.34. The van der Waals surface area contributed by atoms with Gasteiger partial charge in [0.05, 0.1) is 5.41 Å². The van der Waals surface area contributed by atoms with E-state index >= 15 is 0 Å². The lowest BCUT2D eigenvalue weighted by molar-refractivity contribution is -0.143. The summed E-state index contributed by atoms with van der Waals surface area (Å²) in [7, 11) is 0. The SMILES string of the molecule is CCCC(=O)CCC1(C)C(=O)CCCC1=O. The summed E-state index contributed by atoms with van der Waals surface area (Å²) < 4.78 is 0. The number of rotatable bonds is 5. The topological polar surface area (TPSA) is 51.2 Å². The molecule has 0 atom stereocenters. The summed E-state index contributed by atoms with van der Waals surface area (Å²) in [5.74, 6) is 0.205. The van der Waals surface area contributed by atoms with Crippen LogP contribution in [0.25, 0.3) is 0 Å². The van der Waals surface area contributed by atoms with E-state index in [1.54, 1.807) is 6.92 Å². The van der Waals surface area contributed by atoms with E-state index in [0.29, 0.717) is 38.5 Å². The Hall–Kier alpha value is -0.990. The number of hydrogen-bond acceptors (Lipinski definition) is 3. The van der Waals surface area contributed by atoms with Crippen LogP contribution >= 0.6 is 0 Å². The molecule has 1 aliphatic rings. The Morgan fingerprint density at radius 1 is 1.19 bits per heavy atom. The molecule has 1 saturated carbocycles. The minimum Gasteiger partial charge on any atom is -0.300 e. The van der Waals surface area contributed by atoms with Crippen LogP contribution < -0.4 is 0 Å². The molecule has 0 radical (unpaired) electrons. The smallest absolute Gasteiger partial charge is 0.146 e. The Morgan fingerprint density at radius 3 is 2.25 bits per heavy atom. The molecule has 0 N–H and O–H groups in total. The zero-order chi connectivity index (χ0) is 12.2. The van der Waals surface area contributed by atoms with E-state index in [4.69, 9.17) is 0 Å². The second-order valence-electron chi connectivity index (χ2n) is 4.82. The zero-order valence-electron chi connectivity index (χ0n) is 10.2. The maximum Gasteiger partial charge on any atom is 0.146 e. The van der Waals surface area contributed by atoms with Gasteiger partial charge in [0.2, 0.25) is 0 Å². The van der Waals surface area contributed by atoms with Crippen LogP contribution in [0.1, 0.15) is 58.8 Å². The van der Waals surface area contributed by atoms with Crippen molar-refractivity contribution in [3.63, 3.8) is 0 Å². The summed E-state index contributed by atoms with van der Waals surface area (Å²) >= 11 is 0. The second kappa shape index (κ2) is 5.37. The van der Waals surface area contributed by atoms with Crippen LogP contribution in [0.15, 0.2) is 0 Å². The van der Waals surface area contributed by atoms with Gasteiger partial charge in [-0.25, -0.2) is 0 Å². The summed E-state index contributed by atoms with van der Waals surface area (Å²) in [6.45, 7) is 3.66. The highest BCUT2D eigenvalue weighted by molar-refractivity contribution is 6.08. The van der Waals surface area contributed by atoms with Gasteiger partial charge in [0.25, 0.3) is 0 Å². The van der Waals surface area contributed by atoms with Crippen LogP contribution in [0.4, 0.5) is 0 Å². The summed E-state index contributed by atoms with van der Waals surface area (Å²) in [5.41, 5.74) is -0.873. The first-order chi connectivity index (χ1) is 7.50. The average Bonchev–Trinajstić information content (AvgIpc) is 2.24. The van der Waals surface area contributed by atoms with Crippen molar-refractivity contribution < 1.29 is 14.4 Å². The first-order valence-electron chi connectivity index (χ1n) is 6.09. The van der Waals surface area contributed by atoms with Gasteiger partial charge >= 0.3 is 0 Å². The predicted molar refractivity (Wildman–Crippen MR) is 61.1 cm³/mol. The lowest BCUT2D eigenvalue weighted by Gasteiger charge is -2.30. The molecule has 0 spiro atoms. The van der Waals surface area contributed by atoms with Crippen LogP contribution in [0.5, 0.6) is 0 Å². The first kappa shape index (κ1) is 13.1. The third kappa shape index (κ3) is 2.77. The number of carbonyl (C=O) groups excluding carboxylic acids is 3. The van der Waals surface area contributed by atoms with Crippen molar-refractivity contribution in [2.75, 3.05) is 0 Å². The first-order valence-corrected chi connectivity index (χ1v) is 6.09. The maximum atomic E-state index is 11.8. The van der Waals surface area contributed by atoms with Crippen molar-refractivity contribution in [1.29, 1.82) is 0 Å². The highest BCUT2D eigenvalue weighted by Gasteiger charge is 2.42. The van der Waals surface area contributed by atoms with E-state index < -0.39 is 5.41 Å². The molecule has 1 aliphatic carbocycles. The van der Waals surface area contributed by atoms with Crippen molar-refractivity contribution in [3.05, 3.63) is 0 Å². The van der Waals surface area contributed by atoms with Crippen LogP contribution in [0.2, 0.25) is 0 Å². The number of Topliss-reactive ketones (excluding diaryl/α,β-unsaturated/α-hetero) is 3. The largest absolute Gasteiger partial charge is 0.300 e. The molecular formula is C13H20O3. The molecule has 0 saturated heterocycles. The molecule has 16 heavy (non-hydrogen) atoms. The molecule has 3 nitrogen and oxygen atoms in total. The van der Waals surface area contributed by atoms with Gasteiger partial charge in [0.15, 0.2) is 0 Å². The summed E-state index contributed by atoms with van der Waals surface area (Å²) in [5, 5.41) is 0. The molecule has 1 fully saturated rings. The molecule has 90 valence electrons. The van der Waals surface area contributed by atoms with E-state index in [-0.39, 0.29) is 17.3 Å². The fourth-order valence-corrected chi connectivity index (χ4v) is 2.19. The minimum atomic E-state index is -0.873. The fraction of sp³-hybridized carbons (Fsp3) is 0.769. The molecule has 0 aromatic heterocycles. The van der Waals surface area contributed by atoms with Gasteiger partial charge in [-0.3, -0.25) is 14.4 Å². The average molecular weight is 224 g/mol. The molecule has 0 aromatic rings. The Bertz CT molecular complexity index is 288. The predicted octanol–water partition coefficient (Wildman–Crippen LogP) is 2.46. The Kier molecular flexibility index (Phi) is 4.39. The van der Waals surface area contributed by atoms with Gasteiger partial charge in [-0.1, -0.05) is 6.92 Å². The standard InChI is InChI=1S/C13H20O3/c1-3-5-10(14)8-9-13(2)11(15)6-4-7-12(13)16/h3-9H2,1-2H3. The van der Waals surface area contributed by atoms with E-state index in [1.165, 1.54) is 0 Å². The van der Waals surface area contributed by atoms with Crippen molar-refractivity contribution in [3.8, 4) is 0 Å². The highest BCUT2D eigenvalue weighted by atomic mass is 16.2. The van der Waals surface area contributed by atoms with Crippen molar-refractivity contribution in [2.24, 2.45) is 5.41 Å². The van der Waals surface area contributed by atoms with E-state index in [2.05, 4.69) is 0 Å². The molecule has 0 aromatic carbocycles. The summed E-state index contributed by atoms with van der Waals surface area (Å²) in [4.78, 5) is 34.9. The lowest BCUT2D eigenvalue weighted by atomic mass is 9.70. The molecule has 0 heterocycles. The van der Waals surface area contributed by atoms with Crippen molar-refractivity contribution in [1.82, 2.24) is 0 Å². The van der Waals surface area contributed by atoms with Crippen LogP contribution in [-0.4, -0.2) is 17.3 Å². The Morgan fingerprint density at radius 2 is 1.75 bits per heavy atom. The van der Waals surface area contributed by atoms with Crippen molar-refractivity contribution >= 4 is 17.3 Å². The van der Waals surface area contributed by atoms with Crippen LogP contribution in [0, 0.1) is 5.41 Å². The molecule has 0 bridgehead atoms. The third-order valence-corrected chi connectivity index (χ3v) is 3.47. The molecular weight excluding hydrogens is 204 g/mol. The minimum absolute atomic E-state index is 0.0213. The number of ketones is 3. The van der Waals surface area contributed by atoms with E-state index in [9.17, 15) is 14.4 Å². The molecule has 0 aliphatic heterocycles. The monoisotopic (exact) mass is 224 g/mol. The third-order valence-electron chi connectivity index (χ3n) is 3.47. The zero-order valence-corrected chi connectivity index (χ0v) is 10.2. The normalized spacial score (nSPS) is 19.9.